The standard InChI is InChI=1S/C18H21N7O/c1-10-6-11(2)25-17(20-10)22-14(23-25)15(26)24-8-12-7-19-16(18(3,4)5)21-13(12)9-24/h6-7H,8-9H2,1-5H3. The zero-order valence-corrected chi connectivity index (χ0v) is 15.6. The molecule has 0 fully saturated rings. The number of rotatable bonds is 1. The number of carbonyl (C=O) groups excluding carboxylic acids is 1. The number of fused-ring (bicyclic) bond motifs is 2. The highest BCUT2D eigenvalue weighted by molar-refractivity contribution is 5.91. The number of aromatic nitrogens is 6. The van der Waals surface area contributed by atoms with E-state index in [9.17, 15) is 4.79 Å². The molecule has 0 aliphatic carbocycles. The van der Waals surface area contributed by atoms with Crippen LogP contribution in [0.15, 0.2) is 12.3 Å². The average Bonchev–Trinajstić information content (AvgIpc) is 3.16. The Morgan fingerprint density at radius 3 is 2.62 bits per heavy atom. The minimum Gasteiger partial charge on any atom is -0.325 e. The van der Waals surface area contributed by atoms with Crippen molar-refractivity contribution in [2.24, 2.45) is 0 Å². The van der Waals surface area contributed by atoms with Gasteiger partial charge in [0.25, 0.3) is 11.7 Å². The highest BCUT2D eigenvalue weighted by atomic mass is 16.2. The van der Waals surface area contributed by atoms with Crippen LogP contribution in [-0.2, 0) is 18.5 Å². The average molecular weight is 351 g/mol. The molecule has 3 aromatic heterocycles. The summed E-state index contributed by atoms with van der Waals surface area (Å²) in [5.74, 6) is 1.16. The van der Waals surface area contributed by atoms with Crippen LogP contribution in [-0.4, -0.2) is 40.4 Å². The van der Waals surface area contributed by atoms with Crippen molar-refractivity contribution in [3.8, 4) is 0 Å². The Morgan fingerprint density at radius 1 is 1.12 bits per heavy atom. The van der Waals surface area contributed by atoms with Gasteiger partial charge in [0.2, 0.25) is 5.82 Å². The molecule has 134 valence electrons. The lowest BCUT2D eigenvalue weighted by Gasteiger charge is -2.16. The monoisotopic (exact) mass is 351 g/mol. The number of amides is 1. The first-order valence-electron chi connectivity index (χ1n) is 8.58. The Hall–Kier alpha value is -2.90. The number of aryl methyl sites for hydroxylation is 2. The van der Waals surface area contributed by atoms with Crippen LogP contribution in [0.1, 0.15) is 59.9 Å². The minimum absolute atomic E-state index is 0.128. The van der Waals surface area contributed by atoms with Crippen LogP contribution in [0.2, 0.25) is 0 Å². The number of carbonyl (C=O) groups is 1. The first-order valence-corrected chi connectivity index (χ1v) is 8.58. The van der Waals surface area contributed by atoms with Crippen molar-refractivity contribution in [1.29, 1.82) is 0 Å². The number of hydrogen-bond acceptors (Lipinski definition) is 6. The maximum Gasteiger partial charge on any atom is 0.294 e. The Labute approximate surface area is 151 Å². The summed E-state index contributed by atoms with van der Waals surface area (Å²) in [7, 11) is 0. The molecule has 4 rings (SSSR count). The fraction of sp³-hybridized carbons (Fsp3) is 0.444. The van der Waals surface area contributed by atoms with E-state index < -0.39 is 0 Å². The lowest BCUT2D eigenvalue weighted by Crippen LogP contribution is -2.26. The second kappa shape index (κ2) is 5.55. The van der Waals surface area contributed by atoms with Crippen LogP contribution in [0.5, 0.6) is 0 Å². The summed E-state index contributed by atoms with van der Waals surface area (Å²) in [5, 5.41) is 4.33. The molecule has 8 heteroatoms. The third kappa shape index (κ3) is 2.71. The zero-order valence-electron chi connectivity index (χ0n) is 15.6. The molecule has 26 heavy (non-hydrogen) atoms. The molecule has 0 aromatic carbocycles. The van der Waals surface area contributed by atoms with Crippen molar-refractivity contribution in [2.75, 3.05) is 0 Å². The van der Waals surface area contributed by atoms with Crippen LogP contribution in [0.3, 0.4) is 0 Å². The summed E-state index contributed by atoms with van der Waals surface area (Å²) in [6.45, 7) is 10.9. The fourth-order valence-electron chi connectivity index (χ4n) is 3.06. The molecule has 1 amide bonds. The van der Waals surface area contributed by atoms with Crippen molar-refractivity contribution in [1.82, 2.24) is 34.4 Å². The SMILES string of the molecule is Cc1cc(C)n2nc(C(=O)N3Cc4cnc(C(C)(C)C)nc4C3)nc2n1. The van der Waals surface area contributed by atoms with Crippen molar-refractivity contribution in [3.05, 3.63) is 46.6 Å². The second-order valence-corrected chi connectivity index (χ2v) is 7.76. The third-order valence-electron chi connectivity index (χ3n) is 4.42. The van der Waals surface area contributed by atoms with Crippen LogP contribution >= 0.6 is 0 Å². The van der Waals surface area contributed by atoms with Crippen molar-refractivity contribution < 1.29 is 4.79 Å². The molecular weight excluding hydrogens is 330 g/mol. The highest BCUT2D eigenvalue weighted by Crippen LogP contribution is 2.25. The van der Waals surface area contributed by atoms with E-state index in [1.165, 1.54) is 0 Å². The fourth-order valence-corrected chi connectivity index (χ4v) is 3.06. The van der Waals surface area contributed by atoms with Gasteiger partial charge in [0.1, 0.15) is 5.82 Å². The summed E-state index contributed by atoms with van der Waals surface area (Å²) in [6.07, 6.45) is 1.82. The van der Waals surface area contributed by atoms with E-state index >= 15 is 0 Å². The first kappa shape index (κ1) is 16.6. The van der Waals surface area contributed by atoms with Crippen LogP contribution in [0.25, 0.3) is 5.78 Å². The first-order chi connectivity index (χ1) is 12.2. The molecule has 1 aliphatic rings. The van der Waals surface area contributed by atoms with Gasteiger partial charge in [-0.25, -0.2) is 19.5 Å². The number of nitrogens with zero attached hydrogens (tertiary/aromatic N) is 7. The van der Waals surface area contributed by atoms with Gasteiger partial charge in [-0.2, -0.15) is 4.98 Å². The van der Waals surface area contributed by atoms with Crippen molar-refractivity contribution >= 4 is 11.7 Å². The quantitative estimate of drug-likeness (QED) is 0.666. The van der Waals surface area contributed by atoms with E-state index in [-0.39, 0.29) is 17.1 Å². The predicted molar refractivity (Wildman–Crippen MR) is 94.6 cm³/mol. The van der Waals surface area contributed by atoms with Crippen LogP contribution in [0.4, 0.5) is 0 Å². The molecule has 0 atom stereocenters. The summed E-state index contributed by atoms with van der Waals surface area (Å²) in [6, 6.07) is 1.91. The molecule has 0 N–H and O–H groups in total. The molecule has 0 saturated heterocycles. The van der Waals surface area contributed by atoms with Crippen molar-refractivity contribution in [2.45, 2.75) is 53.1 Å². The zero-order chi connectivity index (χ0) is 18.6. The molecule has 0 bridgehead atoms. The van der Waals surface area contributed by atoms with Gasteiger partial charge in [-0.1, -0.05) is 20.8 Å². The summed E-state index contributed by atoms with van der Waals surface area (Å²) < 4.78 is 1.60. The van der Waals surface area contributed by atoms with Gasteiger partial charge in [0.15, 0.2) is 0 Å². The van der Waals surface area contributed by atoms with E-state index in [0.29, 0.717) is 18.9 Å². The molecular formula is C18H21N7O. The van der Waals surface area contributed by atoms with Crippen LogP contribution in [0, 0.1) is 13.8 Å². The molecule has 4 heterocycles. The molecule has 0 radical (unpaired) electrons. The summed E-state index contributed by atoms with van der Waals surface area (Å²) >= 11 is 0. The van der Waals surface area contributed by atoms with E-state index in [2.05, 4.69) is 45.8 Å². The van der Waals surface area contributed by atoms with Gasteiger partial charge in [-0.3, -0.25) is 4.79 Å². The molecule has 1 aliphatic heterocycles. The predicted octanol–water partition coefficient (Wildman–Crippen LogP) is 1.98. The minimum atomic E-state index is -0.220. The molecule has 0 saturated carbocycles. The molecule has 0 unspecified atom stereocenters. The third-order valence-corrected chi connectivity index (χ3v) is 4.42. The summed E-state index contributed by atoms with van der Waals surface area (Å²) in [5.41, 5.74) is 3.48. The van der Waals surface area contributed by atoms with Gasteiger partial charge >= 0.3 is 0 Å². The lowest BCUT2D eigenvalue weighted by atomic mass is 9.95. The normalized spacial score (nSPS) is 14.1. The van der Waals surface area contributed by atoms with E-state index in [4.69, 9.17) is 0 Å². The summed E-state index contributed by atoms with van der Waals surface area (Å²) in [4.78, 5) is 32.3. The highest BCUT2D eigenvalue weighted by Gasteiger charge is 2.30. The molecule has 0 spiro atoms. The van der Waals surface area contributed by atoms with Gasteiger partial charge in [0.05, 0.1) is 12.2 Å². The van der Waals surface area contributed by atoms with Gasteiger partial charge in [0, 0.05) is 35.1 Å². The Bertz CT molecular complexity index is 1030. The van der Waals surface area contributed by atoms with Crippen molar-refractivity contribution in [3.63, 3.8) is 0 Å². The van der Waals surface area contributed by atoms with Gasteiger partial charge in [-0.05, 0) is 19.9 Å². The maximum atomic E-state index is 12.9. The van der Waals surface area contributed by atoms with E-state index in [1.807, 2.05) is 26.1 Å². The Kier molecular flexibility index (Phi) is 3.54. The van der Waals surface area contributed by atoms with Gasteiger partial charge < -0.3 is 4.90 Å². The lowest BCUT2D eigenvalue weighted by molar-refractivity contribution is 0.0738. The van der Waals surface area contributed by atoms with E-state index in [1.54, 1.807) is 9.42 Å². The molecule has 8 nitrogen and oxygen atoms in total. The molecule has 3 aromatic rings. The van der Waals surface area contributed by atoms with Gasteiger partial charge in [-0.15, -0.1) is 5.10 Å². The largest absolute Gasteiger partial charge is 0.325 e. The van der Waals surface area contributed by atoms with E-state index in [0.717, 1.165) is 28.5 Å². The smallest absolute Gasteiger partial charge is 0.294 e. The Balaban J connectivity index is 1.63. The second-order valence-electron chi connectivity index (χ2n) is 7.76. The topological polar surface area (TPSA) is 89.2 Å². The maximum absolute atomic E-state index is 12.9. The Morgan fingerprint density at radius 2 is 1.88 bits per heavy atom. The number of hydrogen-bond donors (Lipinski definition) is 0. The van der Waals surface area contributed by atoms with Crippen LogP contribution < -0.4 is 0 Å².